The molecule has 0 spiro atoms. The Morgan fingerprint density at radius 1 is 1.29 bits per heavy atom. The lowest BCUT2D eigenvalue weighted by Gasteiger charge is -2.34. The molecule has 1 aromatic carbocycles. The zero-order valence-electron chi connectivity index (χ0n) is 11.1. The number of hydrogen-bond donors (Lipinski definition) is 1. The lowest BCUT2D eigenvalue weighted by Crippen LogP contribution is -2.36. The fraction of sp³-hybridized carbons (Fsp3) is 0.600. The van der Waals surface area contributed by atoms with Crippen LogP contribution in [0.3, 0.4) is 0 Å². The molecular weight excluding hydrogens is 210 g/mol. The average Bonchev–Trinajstić information content (AvgIpc) is 2.70. The van der Waals surface area contributed by atoms with E-state index in [1.54, 1.807) is 12.1 Å². The molecule has 0 saturated carbocycles. The molecule has 3 atom stereocenters. The molecule has 0 bridgehead atoms. The van der Waals surface area contributed by atoms with Gasteiger partial charge in [-0.25, -0.2) is 0 Å². The monoisotopic (exact) mass is 233 g/mol. The average molecular weight is 233 g/mol. The summed E-state index contributed by atoms with van der Waals surface area (Å²) in [5.41, 5.74) is 1.30. The van der Waals surface area contributed by atoms with Crippen molar-refractivity contribution in [3.8, 4) is 5.75 Å². The second kappa shape index (κ2) is 5.09. The number of rotatable bonds is 3. The molecule has 1 aliphatic rings. The van der Waals surface area contributed by atoms with Gasteiger partial charge in [0.2, 0.25) is 0 Å². The minimum Gasteiger partial charge on any atom is -0.508 e. The van der Waals surface area contributed by atoms with Crippen LogP contribution in [-0.2, 0) is 0 Å². The maximum atomic E-state index is 9.34. The molecule has 1 fully saturated rings. The summed E-state index contributed by atoms with van der Waals surface area (Å²) in [5.74, 6) is 0.350. The van der Waals surface area contributed by atoms with Gasteiger partial charge in [0.1, 0.15) is 5.75 Å². The highest BCUT2D eigenvalue weighted by molar-refractivity contribution is 5.28. The molecule has 2 rings (SSSR count). The second-order valence-corrected chi connectivity index (χ2v) is 5.20. The Bertz CT molecular complexity index is 360. The van der Waals surface area contributed by atoms with Crippen LogP contribution in [0.25, 0.3) is 0 Å². The van der Waals surface area contributed by atoms with Crippen molar-refractivity contribution in [3.63, 3.8) is 0 Å². The van der Waals surface area contributed by atoms with Gasteiger partial charge in [0, 0.05) is 18.1 Å². The number of nitrogens with zero attached hydrogens (tertiary/aromatic N) is 1. The molecule has 1 saturated heterocycles. The summed E-state index contributed by atoms with van der Waals surface area (Å²) >= 11 is 0. The Morgan fingerprint density at radius 3 is 2.53 bits per heavy atom. The van der Waals surface area contributed by atoms with E-state index in [-0.39, 0.29) is 0 Å². The summed E-state index contributed by atoms with van der Waals surface area (Å²) in [6.07, 6.45) is 3.85. The van der Waals surface area contributed by atoms with Crippen molar-refractivity contribution < 1.29 is 5.11 Å². The Morgan fingerprint density at radius 2 is 1.94 bits per heavy atom. The van der Waals surface area contributed by atoms with Gasteiger partial charge in [-0.15, -0.1) is 0 Å². The normalized spacial score (nSPS) is 27.2. The third-order valence-corrected chi connectivity index (χ3v) is 4.14. The van der Waals surface area contributed by atoms with Crippen LogP contribution in [0.4, 0.5) is 0 Å². The van der Waals surface area contributed by atoms with Gasteiger partial charge in [0.05, 0.1) is 0 Å². The molecule has 17 heavy (non-hydrogen) atoms. The fourth-order valence-electron chi connectivity index (χ4n) is 3.13. The lowest BCUT2D eigenvalue weighted by molar-refractivity contribution is 0.143. The molecular formula is C15H23NO. The van der Waals surface area contributed by atoms with Crippen molar-refractivity contribution >= 4 is 0 Å². The molecule has 2 heteroatoms. The van der Waals surface area contributed by atoms with Crippen molar-refractivity contribution in [1.82, 2.24) is 4.90 Å². The SMILES string of the molecule is CCC1CCC(C)N1C(C)c1ccc(O)cc1. The van der Waals surface area contributed by atoms with Crippen LogP contribution in [-0.4, -0.2) is 22.1 Å². The highest BCUT2D eigenvalue weighted by Gasteiger charge is 2.33. The molecule has 0 radical (unpaired) electrons. The molecule has 94 valence electrons. The molecule has 0 aliphatic carbocycles. The van der Waals surface area contributed by atoms with Crippen LogP contribution < -0.4 is 0 Å². The quantitative estimate of drug-likeness (QED) is 0.860. The van der Waals surface area contributed by atoms with Gasteiger partial charge in [-0.1, -0.05) is 19.1 Å². The number of likely N-dealkylation sites (tertiary alicyclic amines) is 1. The molecule has 1 N–H and O–H groups in total. The number of hydrogen-bond acceptors (Lipinski definition) is 2. The Balaban J connectivity index is 2.18. The highest BCUT2D eigenvalue weighted by atomic mass is 16.3. The Kier molecular flexibility index (Phi) is 3.72. The summed E-state index contributed by atoms with van der Waals surface area (Å²) in [6.45, 7) is 6.88. The number of aromatic hydroxyl groups is 1. The Labute approximate surface area is 104 Å². The molecule has 0 aromatic heterocycles. The van der Waals surface area contributed by atoms with E-state index in [0.29, 0.717) is 23.9 Å². The van der Waals surface area contributed by atoms with Crippen molar-refractivity contribution in [2.75, 3.05) is 0 Å². The predicted molar refractivity (Wildman–Crippen MR) is 71.1 cm³/mol. The van der Waals surface area contributed by atoms with Crippen molar-refractivity contribution in [2.24, 2.45) is 0 Å². The zero-order valence-corrected chi connectivity index (χ0v) is 11.1. The van der Waals surface area contributed by atoms with Crippen LogP contribution in [0.2, 0.25) is 0 Å². The summed E-state index contributed by atoms with van der Waals surface area (Å²) in [4.78, 5) is 2.63. The van der Waals surface area contributed by atoms with Crippen molar-refractivity contribution in [2.45, 2.75) is 58.2 Å². The highest BCUT2D eigenvalue weighted by Crippen LogP contribution is 2.35. The van der Waals surface area contributed by atoms with Crippen LogP contribution >= 0.6 is 0 Å². The van der Waals surface area contributed by atoms with Gasteiger partial charge in [-0.05, 0) is 50.8 Å². The van der Waals surface area contributed by atoms with Gasteiger partial charge in [0.25, 0.3) is 0 Å². The number of benzene rings is 1. The van der Waals surface area contributed by atoms with E-state index in [9.17, 15) is 5.11 Å². The zero-order chi connectivity index (χ0) is 12.4. The van der Waals surface area contributed by atoms with Gasteiger partial charge >= 0.3 is 0 Å². The first kappa shape index (κ1) is 12.4. The minimum absolute atomic E-state index is 0.350. The van der Waals surface area contributed by atoms with E-state index < -0.39 is 0 Å². The molecule has 2 nitrogen and oxygen atoms in total. The summed E-state index contributed by atoms with van der Waals surface area (Å²) in [7, 11) is 0. The molecule has 1 aromatic rings. The van der Waals surface area contributed by atoms with E-state index in [1.807, 2.05) is 12.1 Å². The lowest BCUT2D eigenvalue weighted by atomic mass is 10.0. The smallest absolute Gasteiger partial charge is 0.115 e. The molecule has 3 unspecified atom stereocenters. The van der Waals surface area contributed by atoms with Gasteiger partial charge < -0.3 is 5.11 Å². The van der Waals surface area contributed by atoms with Crippen LogP contribution in [0.15, 0.2) is 24.3 Å². The van der Waals surface area contributed by atoms with Gasteiger partial charge in [0.15, 0.2) is 0 Å². The maximum Gasteiger partial charge on any atom is 0.115 e. The van der Waals surface area contributed by atoms with Crippen LogP contribution in [0.1, 0.15) is 51.6 Å². The Hall–Kier alpha value is -1.02. The topological polar surface area (TPSA) is 23.5 Å². The van der Waals surface area contributed by atoms with E-state index in [4.69, 9.17) is 0 Å². The third kappa shape index (κ3) is 2.47. The molecule has 1 aliphatic heterocycles. The third-order valence-electron chi connectivity index (χ3n) is 4.14. The first-order valence-corrected chi connectivity index (χ1v) is 6.69. The summed E-state index contributed by atoms with van der Waals surface area (Å²) in [5, 5.41) is 9.34. The van der Waals surface area contributed by atoms with Gasteiger partial charge in [-0.3, -0.25) is 4.90 Å². The van der Waals surface area contributed by atoms with Crippen molar-refractivity contribution in [3.05, 3.63) is 29.8 Å². The maximum absolute atomic E-state index is 9.34. The van der Waals surface area contributed by atoms with E-state index >= 15 is 0 Å². The van der Waals surface area contributed by atoms with E-state index in [1.165, 1.54) is 24.8 Å². The second-order valence-electron chi connectivity index (χ2n) is 5.20. The van der Waals surface area contributed by atoms with Crippen molar-refractivity contribution in [1.29, 1.82) is 0 Å². The largest absolute Gasteiger partial charge is 0.508 e. The minimum atomic E-state index is 0.350. The van der Waals surface area contributed by atoms with Gasteiger partial charge in [-0.2, -0.15) is 0 Å². The molecule has 1 heterocycles. The fourth-order valence-corrected chi connectivity index (χ4v) is 3.13. The first-order chi connectivity index (χ1) is 8.13. The van der Waals surface area contributed by atoms with Crippen LogP contribution in [0, 0.1) is 0 Å². The predicted octanol–water partition coefficient (Wildman–Crippen LogP) is 3.72. The van der Waals surface area contributed by atoms with E-state index in [2.05, 4.69) is 25.7 Å². The van der Waals surface area contributed by atoms with E-state index in [0.717, 1.165) is 0 Å². The number of phenols is 1. The summed E-state index contributed by atoms with van der Waals surface area (Å²) in [6, 6.07) is 9.48. The first-order valence-electron chi connectivity index (χ1n) is 6.69. The molecule has 0 amide bonds. The number of phenolic OH excluding ortho intramolecular Hbond substituents is 1. The van der Waals surface area contributed by atoms with Crippen LogP contribution in [0.5, 0.6) is 5.75 Å². The standard InChI is InChI=1S/C15H23NO/c1-4-14-8-5-11(2)16(14)12(3)13-6-9-15(17)10-7-13/h6-7,9-12,14,17H,4-5,8H2,1-3H3. The summed E-state index contributed by atoms with van der Waals surface area (Å²) < 4.78 is 0.